The normalized spacial score (nSPS) is 20.3. The summed E-state index contributed by atoms with van der Waals surface area (Å²) in [4.78, 5) is 0. The first kappa shape index (κ1) is 13.7. The van der Waals surface area contributed by atoms with Gasteiger partial charge >= 0.3 is 0 Å². The SMILES string of the molecule is CCNC(Cc1ccco1)C1CCCCCCC1. The predicted octanol–water partition coefficient (Wildman–Crippen LogP) is 4.16. The highest BCUT2D eigenvalue weighted by atomic mass is 16.3. The van der Waals surface area contributed by atoms with Gasteiger partial charge in [-0.1, -0.05) is 39.0 Å². The minimum Gasteiger partial charge on any atom is -0.469 e. The molecule has 1 fully saturated rings. The second-order valence-corrected chi connectivity index (χ2v) is 5.55. The molecule has 1 N–H and O–H groups in total. The van der Waals surface area contributed by atoms with Crippen LogP contribution in [0.5, 0.6) is 0 Å². The second kappa shape index (κ2) is 7.63. The molecule has 0 saturated heterocycles. The minimum absolute atomic E-state index is 0.597. The summed E-state index contributed by atoms with van der Waals surface area (Å²) in [6.07, 6.45) is 12.7. The van der Waals surface area contributed by atoms with Crippen molar-refractivity contribution in [3.63, 3.8) is 0 Å². The summed E-state index contributed by atoms with van der Waals surface area (Å²) in [5.74, 6) is 1.96. The van der Waals surface area contributed by atoms with Crippen molar-refractivity contribution in [1.82, 2.24) is 5.32 Å². The van der Waals surface area contributed by atoms with Crippen LogP contribution in [0, 0.1) is 5.92 Å². The Kier molecular flexibility index (Phi) is 5.79. The average molecular weight is 249 g/mol. The molecule has 0 amide bonds. The Labute approximate surface area is 111 Å². The summed E-state index contributed by atoms with van der Waals surface area (Å²) in [7, 11) is 0. The van der Waals surface area contributed by atoms with E-state index < -0.39 is 0 Å². The Bertz CT molecular complexity index is 299. The van der Waals surface area contributed by atoms with E-state index in [9.17, 15) is 0 Å². The topological polar surface area (TPSA) is 25.2 Å². The summed E-state index contributed by atoms with van der Waals surface area (Å²) < 4.78 is 5.52. The van der Waals surface area contributed by atoms with Gasteiger partial charge in [0.05, 0.1) is 6.26 Å². The van der Waals surface area contributed by atoms with E-state index in [1.165, 1.54) is 44.9 Å². The van der Waals surface area contributed by atoms with Crippen LogP contribution < -0.4 is 5.32 Å². The first-order valence-corrected chi connectivity index (χ1v) is 7.66. The maximum Gasteiger partial charge on any atom is 0.105 e. The van der Waals surface area contributed by atoms with Crippen LogP contribution in [0.1, 0.15) is 57.6 Å². The third-order valence-electron chi connectivity index (χ3n) is 4.19. The zero-order valence-electron chi connectivity index (χ0n) is 11.7. The quantitative estimate of drug-likeness (QED) is 0.847. The van der Waals surface area contributed by atoms with Gasteiger partial charge in [-0.3, -0.25) is 0 Å². The Morgan fingerprint density at radius 2 is 1.94 bits per heavy atom. The highest BCUT2D eigenvalue weighted by Gasteiger charge is 2.22. The molecule has 1 heterocycles. The Morgan fingerprint density at radius 1 is 1.22 bits per heavy atom. The first-order valence-electron chi connectivity index (χ1n) is 7.66. The lowest BCUT2D eigenvalue weighted by molar-refractivity contribution is 0.276. The first-order chi connectivity index (χ1) is 8.90. The van der Waals surface area contributed by atoms with Gasteiger partial charge in [-0.25, -0.2) is 0 Å². The fourth-order valence-corrected chi connectivity index (χ4v) is 3.20. The molecular formula is C16H27NO. The summed E-state index contributed by atoms with van der Waals surface area (Å²) >= 11 is 0. The Balaban J connectivity index is 1.93. The van der Waals surface area contributed by atoms with Crippen molar-refractivity contribution in [2.75, 3.05) is 6.54 Å². The van der Waals surface area contributed by atoms with E-state index in [2.05, 4.69) is 18.3 Å². The molecule has 2 heteroatoms. The minimum atomic E-state index is 0.597. The lowest BCUT2D eigenvalue weighted by Gasteiger charge is -2.29. The molecule has 2 rings (SSSR count). The van der Waals surface area contributed by atoms with Gasteiger partial charge < -0.3 is 9.73 Å². The molecule has 102 valence electrons. The second-order valence-electron chi connectivity index (χ2n) is 5.55. The van der Waals surface area contributed by atoms with Crippen LogP contribution in [0.3, 0.4) is 0 Å². The molecule has 2 nitrogen and oxygen atoms in total. The van der Waals surface area contributed by atoms with Crippen LogP contribution >= 0.6 is 0 Å². The summed E-state index contributed by atoms with van der Waals surface area (Å²) in [6, 6.07) is 4.70. The number of furan rings is 1. The maximum absolute atomic E-state index is 5.52. The Morgan fingerprint density at radius 3 is 2.56 bits per heavy atom. The third-order valence-corrected chi connectivity index (χ3v) is 4.19. The molecule has 0 spiro atoms. The number of nitrogens with one attached hydrogen (secondary N) is 1. The number of hydrogen-bond donors (Lipinski definition) is 1. The fourth-order valence-electron chi connectivity index (χ4n) is 3.20. The molecule has 1 aliphatic carbocycles. The zero-order chi connectivity index (χ0) is 12.6. The van der Waals surface area contributed by atoms with Crippen molar-refractivity contribution in [3.8, 4) is 0 Å². The van der Waals surface area contributed by atoms with Crippen LogP contribution in [-0.4, -0.2) is 12.6 Å². The van der Waals surface area contributed by atoms with Gasteiger partial charge in [0.1, 0.15) is 5.76 Å². The van der Waals surface area contributed by atoms with Gasteiger partial charge in [0.25, 0.3) is 0 Å². The zero-order valence-corrected chi connectivity index (χ0v) is 11.7. The van der Waals surface area contributed by atoms with Crippen molar-refractivity contribution >= 4 is 0 Å². The van der Waals surface area contributed by atoms with Crippen molar-refractivity contribution in [3.05, 3.63) is 24.2 Å². The molecule has 1 unspecified atom stereocenters. The van der Waals surface area contributed by atoms with Crippen molar-refractivity contribution in [2.45, 2.75) is 64.3 Å². The Hall–Kier alpha value is -0.760. The summed E-state index contributed by atoms with van der Waals surface area (Å²) in [5, 5.41) is 3.68. The molecule has 0 aliphatic heterocycles. The predicted molar refractivity (Wildman–Crippen MR) is 75.7 cm³/mol. The molecule has 0 bridgehead atoms. The highest BCUT2D eigenvalue weighted by Crippen LogP contribution is 2.26. The van der Waals surface area contributed by atoms with E-state index in [1.54, 1.807) is 6.26 Å². The maximum atomic E-state index is 5.52. The lowest BCUT2D eigenvalue weighted by Crippen LogP contribution is -2.38. The molecule has 1 saturated carbocycles. The lowest BCUT2D eigenvalue weighted by atomic mass is 9.84. The van der Waals surface area contributed by atoms with E-state index in [0.29, 0.717) is 6.04 Å². The van der Waals surface area contributed by atoms with Crippen molar-refractivity contribution < 1.29 is 4.42 Å². The van der Waals surface area contributed by atoms with Gasteiger partial charge in [0.15, 0.2) is 0 Å². The molecule has 18 heavy (non-hydrogen) atoms. The molecule has 0 radical (unpaired) electrons. The van der Waals surface area contributed by atoms with Gasteiger partial charge in [-0.05, 0) is 37.4 Å². The van der Waals surface area contributed by atoms with Crippen LogP contribution in [0.2, 0.25) is 0 Å². The van der Waals surface area contributed by atoms with Gasteiger partial charge in [-0.15, -0.1) is 0 Å². The van der Waals surface area contributed by atoms with E-state index in [1.807, 2.05) is 6.07 Å². The van der Waals surface area contributed by atoms with Gasteiger partial charge in [0, 0.05) is 12.5 Å². The van der Waals surface area contributed by atoms with Gasteiger partial charge in [0.2, 0.25) is 0 Å². The molecule has 1 aromatic rings. The van der Waals surface area contributed by atoms with Crippen LogP contribution in [-0.2, 0) is 6.42 Å². The van der Waals surface area contributed by atoms with Crippen molar-refractivity contribution in [2.24, 2.45) is 5.92 Å². The van der Waals surface area contributed by atoms with Crippen LogP contribution in [0.4, 0.5) is 0 Å². The van der Waals surface area contributed by atoms with Crippen LogP contribution in [0.25, 0.3) is 0 Å². The fraction of sp³-hybridized carbons (Fsp3) is 0.750. The van der Waals surface area contributed by atoms with E-state index in [-0.39, 0.29) is 0 Å². The molecule has 1 atom stereocenters. The summed E-state index contributed by atoms with van der Waals surface area (Å²) in [6.45, 7) is 3.26. The van der Waals surface area contributed by atoms with E-state index in [4.69, 9.17) is 4.42 Å². The van der Waals surface area contributed by atoms with Gasteiger partial charge in [-0.2, -0.15) is 0 Å². The van der Waals surface area contributed by atoms with E-state index >= 15 is 0 Å². The third kappa shape index (κ3) is 4.16. The smallest absolute Gasteiger partial charge is 0.105 e. The number of rotatable bonds is 5. The molecule has 0 aromatic carbocycles. The monoisotopic (exact) mass is 249 g/mol. The summed E-state index contributed by atoms with van der Waals surface area (Å²) in [5.41, 5.74) is 0. The standard InChI is InChI=1S/C16H27NO/c1-2-17-16(13-15-11-8-12-18-15)14-9-6-4-3-5-7-10-14/h8,11-12,14,16-17H,2-7,9-10,13H2,1H3. The molecule has 1 aromatic heterocycles. The average Bonchev–Trinajstić information content (AvgIpc) is 2.81. The number of hydrogen-bond acceptors (Lipinski definition) is 2. The molecule has 1 aliphatic rings. The van der Waals surface area contributed by atoms with E-state index in [0.717, 1.165) is 24.6 Å². The largest absolute Gasteiger partial charge is 0.469 e. The number of likely N-dealkylation sites (N-methyl/N-ethyl adjacent to an activating group) is 1. The van der Waals surface area contributed by atoms with Crippen molar-refractivity contribution in [1.29, 1.82) is 0 Å². The highest BCUT2D eigenvalue weighted by molar-refractivity contribution is 5.01. The van der Waals surface area contributed by atoms with Crippen LogP contribution in [0.15, 0.2) is 22.8 Å². The molecular weight excluding hydrogens is 222 g/mol.